The summed E-state index contributed by atoms with van der Waals surface area (Å²) in [5, 5.41) is 0. The third kappa shape index (κ3) is 4.20. The van der Waals surface area contributed by atoms with Gasteiger partial charge in [-0.1, -0.05) is 43.7 Å². The van der Waals surface area contributed by atoms with Crippen molar-refractivity contribution in [2.45, 2.75) is 25.7 Å². The monoisotopic (exact) mass is 361 g/mol. The number of sulfonamides is 1. The molecule has 5 nitrogen and oxygen atoms in total. The Hall–Kier alpha value is -2.34. The van der Waals surface area contributed by atoms with Crippen LogP contribution in [0.2, 0.25) is 0 Å². The third-order valence-electron chi connectivity index (χ3n) is 3.72. The number of aryl methyl sites for hydroxylation is 1. The molecule has 0 saturated carbocycles. The van der Waals surface area contributed by atoms with Crippen LogP contribution in [0.1, 0.15) is 29.8 Å². The van der Waals surface area contributed by atoms with Crippen LogP contribution in [0.25, 0.3) is 0 Å². The average Bonchev–Trinajstić information content (AvgIpc) is 2.59. The summed E-state index contributed by atoms with van der Waals surface area (Å²) in [4.78, 5) is 12.3. The highest BCUT2D eigenvalue weighted by Crippen LogP contribution is 2.28. The van der Waals surface area contributed by atoms with E-state index in [4.69, 9.17) is 4.74 Å². The second kappa shape index (κ2) is 7.70. The first kappa shape index (κ1) is 19.0. The van der Waals surface area contributed by atoms with Gasteiger partial charge in [-0.3, -0.25) is 4.31 Å². The molecule has 0 unspecified atom stereocenters. The van der Waals surface area contributed by atoms with Gasteiger partial charge in [0.2, 0.25) is 0 Å². The van der Waals surface area contributed by atoms with Crippen molar-refractivity contribution in [2.24, 2.45) is 5.92 Å². The topological polar surface area (TPSA) is 63.7 Å². The Bertz CT molecular complexity index is 842. The molecule has 0 amide bonds. The lowest BCUT2D eigenvalue weighted by atomic mass is 10.1. The molecule has 2 aromatic rings. The normalized spacial score (nSPS) is 11.4. The summed E-state index contributed by atoms with van der Waals surface area (Å²) in [5.41, 5.74) is 1.52. The van der Waals surface area contributed by atoms with E-state index in [1.165, 1.54) is 11.4 Å². The highest BCUT2D eigenvalue weighted by molar-refractivity contribution is 7.92. The molecule has 134 valence electrons. The minimum absolute atomic E-state index is 0.0749. The first-order chi connectivity index (χ1) is 11.8. The van der Waals surface area contributed by atoms with Crippen molar-refractivity contribution in [2.75, 3.05) is 18.0 Å². The molecule has 0 bridgehead atoms. The number of ether oxygens (including phenoxy) is 1. The minimum Gasteiger partial charge on any atom is -0.465 e. The summed E-state index contributed by atoms with van der Waals surface area (Å²) in [6.45, 7) is 6.01. The van der Waals surface area contributed by atoms with Crippen LogP contribution in [0.15, 0.2) is 53.4 Å². The smallest absolute Gasteiger partial charge is 0.340 e. The molecule has 0 heterocycles. The SMILES string of the molecule is COC(=O)c1ccccc1N(CC(C)C)S(=O)(=O)c1ccc(C)cc1. The lowest BCUT2D eigenvalue weighted by Crippen LogP contribution is -2.35. The fraction of sp³-hybridized carbons (Fsp3) is 0.316. The summed E-state index contributed by atoms with van der Waals surface area (Å²) in [5.74, 6) is -0.491. The van der Waals surface area contributed by atoms with Crippen molar-refractivity contribution >= 4 is 21.7 Å². The van der Waals surface area contributed by atoms with Crippen LogP contribution in [0.3, 0.4) is 0 Å². The molecule has 0 radical (unpaired) electrons. The van der Waals surface area contributed by atoms with Crippen molar-refractivity contribution < 1.29 is 17.9 Å². The van der Waals surface area contributed by atoms with Crippen molar-refractivity contribution in [1.82, 2.24) is 0 Å². The molecule has 6 heteroatoms. The number of nitrogens with zero attached hydrogens (tertiary/aromatic N) is 1. The predicted octanol–water partition coefficient (Wildman–Crippen LogP) is 3.63. The van der Waals surface area contributed by atoms with Crippen molar-refractivity contribution in [3.8, 4) is 0 Å². The maximum absolute atomic E-state index is 13.2. The number of para-hydroxylation sites is 1. The van der Waals surface area contributed by atoms with E-state index in [0.717, 1.165) is 5.56 Å². The second-order valence-corrected chi connectivity index (χ2v) is 8.11. The molecule has 0 saturated heterocycles. The molecule has 2 rings (SSSR count). The summed E-state index contributed by atoms with van der Waals surface area (Å²) in [6, 6.07) is 13.3. The molecule has 0 aliphatic carbocycles. The van der Waals surface area contributed by atoms with E-state index in [-0.39, 0.29) is 22.9 Å². The van der Waals surface area contributed by atoms with Gasteiger partial charge in [-0.15, -0.1) is 0 Å². The van der Waals surface area contributed by atoms with Gasteiger partial charge in [0.25, 0.3) is 10.0 Å². The van der Waals surface area contributed by atoms with Crippen LogP contribution in [0.4, 0.5) is 5.69 Å². The van der Waals surface area contributed by atoms with Crippen LogP contribution < -0.4 is 4.31 Å². The highest BCUT2D eigenvalue weighted by atomic mass is 32.2. The summed E-state index contributed by atoms with van der Waals surface area (Å²) >= 11 is 0. The molecule has 0 aromatic heterocycles. The predicted molar refractivity (Wildman–Crippen MR) is 98.3 cm³/mol. The number of rotatable bonds is 6. The fourth-order valence-electron chi connectivity index (χ4n) is 2.47. The van der Waals surface area contributed by atoms with Crippen molar-refractivity contribution in [1.29, 1.82) is 0 Å². The summed E-state index contributed by atoms with van der Waals surface area (Å²) in [6.07, 6.45) is 0. The maximum Gasteiger partial charge on any atom is 0.340 e. The number of hydrogen-bond donors (Lipinski definition) is 0. The van der Waals surface area contributed by atoms with Gasteiger partial charge in [0.15, 0.2) is 0 Å². The zero-order valence-electron chi connectivity index (χ0n) is 14.9. The summed E-state index contributed by atoms with van der Waals surface area (Å²) in [7, 11) is -2.53. The van der Waals surface area contributed by atoms with Crippen LogP contribution in [0, 0.1) is 12.8 Å². The molecule has 0 fully saturated rings. The Morgan fingerprint density at radius 1 is 1.08 bits per heavy atom. The third-order valence-corrected chi connectivity index (χ3v) is 5.51. The number of benzene rings is 2. The molecule has 2 aromatic carbocycles. The van der Waals surface area contributed by atoms with Gasteiger partial charge in [0, 0.05) is 6.54 Å². The van der Waals surface area contributed by atoms with Gasteiger partial charge in [0.05, 0.1) is 23.3 Å². The fourth-order valence-corrected chi connectivity index (χ4v) is 4.12. The van der Waals surface area contributed by atoms with Crippen LogP contribution in [-0.2, 0) is 14.8 Å². The quantitative estimate of drug-likeness (QED) is 0.737. The van der Waals surface area contributed by atoms with Crippen molar-refractivity contribution in [3.05, 3.63) is 59.7 Å². The Labute approximate surface area is 149 Å². The molecule has 0 aliphatic rings. The van der Waals surface area contributed by atoms with E-state index in [2.05, 4.69) is 0 Å². The lowest BCUT2D eigenvalue weighted by molar-refractivity contribution is 0.0601. The Balaban J connectivity index is 2.61. The van der Waals surface area contributed by atoms with E-state index < -0.39 is 16.0 Å². The average molecular weight is 361 g/mol. The van der Waals surface area contributed by atoms with E-state index >= 15 is 0 Å². The number of anilines is 1. The molecular formula is C19H23NO4S. The molecule has 0 spiro atoms. The van der Waals surface area contributed by atoms with Gasteiger partial charge < -0.3 is 4.74 Å². The number of methoxy groups -OCH3 is 1. The zero-order valence-corrected chi connectivity index (χ0v) is 15.7. The summed E-state index contributed by atoms with van der Waals surface area (Å²) < 4.78 is 32.5. The second-order valence-electron chi connectivity index (χ2n) is 6.25. The van der Waals surface area contributed by atoms with Gasteiger partial charge in [0.1, 0.15) is 0 Å². The largest absolute Gasteiger partial charge is 0.465 e. The van der Waals surface area contributed by atoms with E-state index in [1.54, 1.807) is 48.5 Å². The van der Waals surface area contributed by atoms with Crippen molar-refractivity contribution in [3.63, 3.8) is 0 Å². The van der Waals surface area contributed by atoms with Crippen LogP contribution in [0.5, 0.6) is 0 Å². The molecule has 0 aliphatic heterocycles. The van der Waals surface area contributed by atoms with Gasteiger partial charge in [-0.05, 0) is 37.1 Å². The maximum atomic E-state index is 13.2. The van der Waals surface area contributed by atoms with Gasteiger partial charge in [-0.2, -0.15) is 0 Å². The lowest BCUT2D eigenvalue weighted by Gasteiger charge is -2.27. The molecule has 0 N–H and O–H groups in total. The minimum atomic E-state index is -3.80. The highest BCUT2D eigenvalue weighted by Gasteiger charge is 2.29. The first-order valence-corrected chi connectivity index (χ1v) is 9.48. The van der Waals surface area contributed by atoms with Gasteiger partial charge >= 0.3 is 5.97 Å². The van der Waals surface area contributed by atoms with E-state index in [0.29, 0.717) is 5.69 Å². The Morgan fingerprint density at radius 2 is 1.68 bits per heavy atom. The Kier molecular flexibility index (Phi) is 5.85. The number of esters is 1. The van der Waals surface area contributed by atoms with E-state index in [1.807, 2.05) is 20.8 Å². The number of carbonyl (C=O) groups is 1. The number of carbonyl (C=O) groups excluding carboxylic acids is 1. The first-order valence-electron chi connectivity index (χ1n) is 8.04. The van der Waals surface area contributed by atoms with Crippen LogP contribution in [-0.4, -0.2) is 28.0 Å². The molecule has 0 atom stereocenters. The van der Waals surface area contributed by atoms with Crippen LogP contribution >= 0.6 is 0 Å². The standard InChI is InChI=1S/C19H23NO4S/c1-14(2)13-20(18-8-6-5-7-17(18)19(21)24-4)25(22,23)16-11-9-15(3)10-12-16/h5-12,14H,13H2,1-4H3. The molecule has 25 heavy (non-hydrogen) atoms. The number of hydrogen-bond acceptors (Lipinski definition) is 4. The molecular weight excluding hydrogens is 338 g/mol. The zero-order chi connectivity index (χ0) is 18.6. The Morgan fingerprint density at radius 3 is 2.24 bits per heavy atom. The van der Waals surface area contributed by atoms with Gasteiger partial charge in [-0.25, -0.2) is 13.2 Å². The van der Waals surface area contributed by atoms with E-state index in [9.17, 15) is 13.2 Å².